The van der Waals surface area contributed by atoms with Gasteiger partial charge in [0.05, 0.1) is 17.1 Å². The highest BCUT2D eigenvalue weighted by Gasteiger charge is 2.36. The largest absolute Gasteiger partial charge is 0.295 e. The topological polar surface area (TPSA) is 38.1 Å². The molecule has 0 aliphatic carbocycles. The highest BCUT2D eigenvalue weighted by Crippen LogP contribution is 2.44. The zero-order valence-electron chi connectivity index (χ0n) is 15.7. The van der Waals surface area contributed by atoms with Gasteiger partial charge < -0.3 is 0 Å². The summed E-state index contributed by atoms with van der Waals surface area (Å²) in [5.41, 5.74) is 4.91. The van der Waals surface area contributed by atoms with Crippen LogP contribution in [0, 0.1) is 0 Å². The lowest BCUT2D eigenvalue weighted by molar-refractivity contribution is -0.115. The fourth-order valence-electron chi connectivity index (χ4n) is 3.62. The highest BCUT2D eigenvalue weighted by atomic mass is 32.2. The van der Waals surface area contributed by atoms with Gasteiger partial charge in [0.1, 0.15) is 5.37 Å². The monoisotopic (exact) mass is 397 g/mol. The molecule has 1 atom stereocenters. The van der Waals surface area contributed by atoms with Gasteiger partial charge in [-0.25, -0.2) is 4.68 Å². The van der Waals surface area contributed by atoms with E-state index in [1.165, 1.54) is 0 Å². The minimum atomic E-state index is -0.113. The molecule has 1 aromatic heterocycles. The fraction of sp³-hybridized carbons (Fsp3) is 0.0833. The fourth-order valence-corrected chi connectivity index (χ4v) is 4.80. The van der Waals surface area contributed by atoms with E-state index in [4.69, 9.17) is 5.10 Å². The molecule has 4 nitrogen and oxygen atoms in total. The molecule has 1 amide bonds. The molecule has 29 heavy (non-hydrogen) atoms. The Morgan fingerprint density at radius 2 is 1.38 bits per heavy atom. The zero-order valence-corrected chi connectivity index (χ0v) is 16.5. The molecule has 0 N–H and O–H groups in total. The summed E-state index contributed by atoms with van der Waals surface area (Å²) in [5, 5.41) is 4.80. The number of para-hydroxylation sites is 2. The SMILES string of the molecule is O=C1CS[C@H](c2cn(-c3ccccc3)nc2-c2ccccc2)N1c1ccccc1. The predicted octanol–water partition coefficient (Wildman–Crippen LogP) is 5.32. The van der Waals surface area contributed by atoms with Gasteiger partial charge in [0.25, 0.3) is 0 Å². The Balaban J connectivity index is 1.65. The van der Waals surface area contributed by atoms with Gasteiger partial charge in [0, 0.05) is 23.0 Å². The van der Waals surface area contributed by atoms with E-state index >= 15 is 0 Å². The van der Waals surface area contributed by atoms with E-state index in [2.05, 4.69) is 18.3 Å². The van der Waals surface area contributed by atoms with E-state index in [-0.39, 0.29) is 11.3 Å². The number of carbonyl (C=O) groups is 1. The third-order valence-electron chi connectivity index (χ3n) is 4.98. The molecule has 3 aromatic carbocycles. The maximum Gasteiger partial charge on any atom is 0.238 e. The summed E-state index contributed by atoms with van der Waals surface area (Å²) in [6.07, 6.45) is 2.06. The summed E-state index contributed by atoms with van der Waals surface area (Å²) in [4.78, 5) is 14.7. The average Bonchev–Trinajstić information content (AvgIpc) is 3.39. The molecule has 0 bridgehead atoms. The average molecular weight is 398 g/mol. The van der Waals surface area contributed by atoms with E-state index < -0.39 is 0 Å². The molecule has 0 saturated carbocycles. The second-order valence-electron chi connectivity index (χ2n) is 6.84. The quantitative estimate of drug-likeness (QED) is 0.468. The summed E-state index contributed by atoms with van der Waals surface area (Å²) in [6.45, 7) is 0. The summed E-state index contributed by atoms with van der Waals surface area (Å²) in [6, 6.07) is 30.1. The minimum absolute atomic E-state index is 0.113. The summed E-state index contributed by atoms with van der Waals surface area (Å²) >= 11 is 1.65. The van der Waals surface area contributed by atoms with Crippen LogP contribution in [-0.2, 0) is 4.79 Å². The first kappa shape index (κ1) is 17.8. The number of hydrogen-bond donors (Lipinski definition) is 0. The number of benzene rings is 3. The van der Waals surface area contributed by atoms with Crippen LogP contribution in [0.5, 0.6) is 0 Å². The van der Waals surface area contributed by atoms with Gasteiger partial charge in [-0.15, -0.1) is 11.8 Å². The Labute approximate surface area is 173 Å². The summed E-state index contributed by atoms with van der Waals surface area (Å²) in [7, 11) is 0. The molecule has 1 aliphatic rings. The lowest BCUT2D eigenvalue weighted by atomic mass is 10.1. The number of amides is 1. The van der Waals surface area contributed by atoms with Crippen molar-refractivity contribution in [2.24, 2.45) is 0 Å². The second-order valence-corrected chi connectivity index (χ2v) is 7.91. The summed E-state index contributed by atoms with van der Waals surface area (Å²) in [5.74, 6) is 0.585. The van der Waals surface area contributed by atoms with Crippen LogP contribution in [0.3, 0.4) is 0 Å². The van der Waals surface area contributed by atoms with Crippen LogP contribution in [0.2, 0.25) is 0 Å². The first-order valence-electron chi connectivity index (χ1n) is 9.50. The molecule has 2 heterocycles. The maximum atomic E-state index is 12.8. The van der Waals surface area contributed by atoms with Gasteiger partial charge in [-0.2, -0.15) is 5.10 Å². The van der Waals surface area contributed by atoms with E-state index in [1.807, 2.05) is 88.4 Å². The van der Waals surface area contributed by atoms with Crippen LogP contribution in [0.4, 0.5) is 5.69 Å². The Hall–Kier alpha value is -3.31. The van der Waals surface area contributed by atoms with Crippen molar-refractivity contribution in [1.82, 2.24) is 9.78 Å². The van der Waals surface area contributed by atoms with Crippen LogP contribution in [-0.4, -0.2) is 21.4 Å². The normalized spacial score (nSPS) is 16.3. The van der Waals surface area contributed by atoms with Gasteiger partial charge in [0.2, 0.25) is 5.91 Å². The maximum absolute atomic E-state index is 12.8. The first-order chi connectivity index (χ1) is 14.3. The van der Waals surface area contributed by atoms with Crippen molar-refractivity contribution in [3.63, 3.8) is 0 Å². The van der Waals surface area contributed by atoms with Gasteiger partial charge in [-0.05, 0) is 24.3 Å². The van der Waals surface area contributed by atoms with Crippen LogP contribution in [0.15, 0.2) is 97.2 Å². The third-order valence-corrected chi connectivity index (χ3v) is 6.17. The minimum Gasteiger partial charge on any atom is -0.295 e. The number of rotatable bonds is 4. The Bertz CT molecular complexity index is 1130. The Morgan fingerprint density at radius 1 is 0.793 bits per heavy atom. The van der Waals surface area contributed by atoms with E-state index in [9.17, 15) is 4.79 Å². The second kappa shape index (κ2) is 7.60. The zero-order chi connectivity index (χ0) is 19.6. The summed E-state index contributed by atoms with van der Waals surface area (Å²) < 4.78 is 1.91. The van der Waals surface area contributed by atoms with Crippen LogP contribution in [0.25, 0.3) is 16.9 Å². The van der Waals surface area contributed by atoms with E-state index in [0.29, 0.717) is 5.75 Å². The lowest BCUT2D eigenvalue weighted by Crippen LogP contribution is -2.27. The van der Waals surface area contributed by atoms with Crippen molar-refractivity contribution in [3.8, 4) is 16.9 Å². The number of hydrogen-bond acceptors (Lipinski definition) is 3. The molecule has 0 radical (unpaired) electrons. The number of aromatic nitrogens is 2. The molecule has 1 saturated heterocycles. The molecular formula is C24H19N3OS. The Kier molecular flexibility index (Phi) is 4.66. The van der Waals surface area contributed by atoms with Gasteiger partial charge >= 0.3 is 0 Å². The molecule has 5 heteroatoms. The Morgan fingerprint density at radius 3 is 2.03 bits per heavy atom. The first-order valence-corrected chi connectivity index (χ1v) is 10.6. The van der Waals surface area contributed by atoms with Crippen molar-refractivity contribution in [1.29, 1.82) is 0 Å². The predicted molar refractivity (Wildman–Crippen MR) is 118 cm³/mol. The standard InChI is InChI=1S/C24H19N3OS/c28-22-17-29-24(27(22)20-14-8-3-9-15-20)21-16-26(19-12-6-2-7-13-19)25-23(21)18-10-4-1-5-11-18/h1-16,24H,17H2/t24-/m1/s1. The number of anilines is 1. The van der Waals surface area contributed by atoms with E-state index in [1.54, 1.807) is 11.8 Å². The molecule has 1 aliphatic heterocycles. The van der Waals surface area contributed by atoms with E-state index in [0.717, 1.165) is 28.2 Å². The molecule has 0 unspecified atom stereocenters. The smallest absolute Gasteiger partial charge is 0.238 e. The van der Waals surface area contributed by atoms with Crippen molar-refractivity contribution in [2.45, 2.75) is 5.37 Å². The van der Waals surface area contributed by atoms with Crippen molar-refractivity contribution in [2.75, 3.05) is 10.7 Å². The highest BCUT2D eigenvalue weighted by molar-refractivity contribution is 8.00. The van der Waals surface area contributed by atoms with Gasteiger partial charge in [-0.1, -0.05) is 66.7 Å². The molecular weight excluding hydrogens is 378 g/mol. The molecule has 0 spiro atoms. The van der Waals surface area contributed by atoms with Crippen molar-refractivity contribution >= 4 is 23.4 Å². The lowest BCUT2D eigenvalue weighted by Gasteiger charge is -2.24. The molecule has 5 rings (SSSR count). The number of carbonyl (C=O) groups excluding carboxylic acids is 1. The van der Waals surface area contributed by atoms with Crippen LogP contribution >= 0.6 is 11.8 Å². The number of thioether (sulfide) groups is 1. The van der Waals surface area contributed by atoms with Gasteiger partial charge in [0.15, 0.2) is 0 Å². The molecule has 4 aromatic rings. The van der Waals surface area contributed by atoms with Crippen molar-refractivity contribution in [3.05, 3.63) is 103 Å². The number of nitrogens with zero attached hydrogens (tertiary/aromatic N) is 3. The van der Waals surface area contributed by atoms with Crippen LogP contribution < -0.4 is 4.90 Å². The molecule has 1 fully saturated rings. The third kappa shape index (κ3) is 3.34. The van der Waals surface area contributed by atoms with Crippen molar-refractivity contribution < 1.29 is 4.79 Å². The van der Waals surface area contributed by atoms with Crippen LogP contribution in [0.1, 0.15) is 10.9 Å². The van der Waals surface area contributed by atoms with Gasteiger partial charge in [-0.3, -0.25) is 9.69 Å². The molecule has 142 valence electrons.